The number of hydrazine groups is 1. The number of hydrogen-bond donors (Lipinski definition) is 2. The molecular formula is C23H22N2O4S. The summed E-state index contributed by atoms with van der Waals surface area (Å²) in [7, 11) is -1.00. The summed E-state index contributed by atoms with van der Waals surface area (Å²) < 4.78 is 17.0. The van der Waals surface area contributed by atoms with E-state index in [-0.39, 0.29) is 6.61 Å². The zero-order chi connectivity index (χ0) is 21.3. The van der Waals surface area contributed by atoms with Gasteiger partial charge in [0.25, 0.3) is 11.8 Å². The van der Waals surface area contributed by atoms with E-state index in [2.05, 4.69) is 10.9 Å². The van der Waals surface area contributed by atoms with Crippen molar-refractivity contribution in [2.45, 2.75) is 5.75 Å². The minimum atomic E-state index is -1.00. The highest BCUT2D eigenvalue weighted by Crippen LogP contribution is 2.29. The number of carbonyl (C=O) groups excluding carboxylic acids is 2. The summed E-state index contributed by atoms with van der Waals surface area (Å²) in [6.45, 7) is -0.251. The van der Waals surface area contributed by atoms with Crippen LogP contribution in [0.15, 0.2) is 78.9 Å². The zero-order valence-corrected chi connectivity index (χ0v) is 17.3. The van der Waals surface area contributed by atoms with Crippen LogP contribution in [0.5, 0.6) is 5.75 Å². The molecule has 3 aromatic carbocycles. The van der Waals surface area contributed by atoms with Crippen molar-refractivity contribution in [2.24, 2.45) is 0 Å². The third-order valence-electron chi connectivity index (χ3n) is 4.21. The molecule has 0 aliphatic rings. The molecule has 0 saturated carbocycles. The molecule has 2 N–H and O–H groups in total. The van der Waals surface area contributed by atoms with Gasteiger partial charge in [-0.15, -0.1) is 0 Å². The topological polar surface area (TPSA) is 84.5 Å². The van der Waals surface area contributed by atoms with E-state index in [0.29, 0.717) is 17.1 Å². The fraction of sp³-hybridized carbons (Fsp3) is 0.130. The fourth-order valence-electron chi connectivity index (χ4n) is 2.86. The largest absolute Gasteiger partial charge is 0.483 e. The second-order valence-electron chi connectivity index (χ2n) is 6.57. The van der Waals surface area contributed by atoms with Crippen LogP contribution in [0.4, 0.5) is 0 Å². The number of carbonyl (C=O) groups is 2. The van der Waals surface area contributed by atoms with E-state index in [1.165, 1.54) is 0 Å². The van der Waals surface area contributed by atoms with Gasteiger partial charge in [0.15, 0.2) is 6.61 Å². The van der Waals surface area contributed by atoms with Crippen molar-refractivity contribution >= 4 is 22.6 Å². The van der Waals surface area contributed by atoms with Crippen molar-refractivity contribution in [2.75, 3.05) is 12.9 Å². The molecule has 2 amide bonds. The molecule has 1 unspecified atom stereocenters. The van der Waals surface area contributed by atoms with E-state index in [1.807, 2.05) is 48.5 Å². The molecule has 3 rings (SSSR count). The molecule has 3 aromatic rings. The van der Waals surface area contributed by atoms with E-state index in [1.54, 1.807) is 36.6 Å². The maximum atomic E-state index is 12.3. The van der Waals surface area contributed by atoms with Gasteiger partial charge in [0.1, 0.15) is 5.75 Å². The van der Waals surface area contributed by atoms with Gasteiger partial charge in [-0.25, -0.2) is 0 Å². The fourth-order valence-corrected chi connectivity index (χ4v) is 3.51. The Hall–Kier alpha value is -3.45. The Kier molecular flexibility index (Phi) is 7.34. The minimum absolute atomic E-state index is 0.251. The number of hydrogen-bond acceptors (Lipinski definition) is 4. The van der Waals surface area contributed by atoms with E-state index >= 15 is 0 Å². The first kappa shape index (κ1) is 21.3. The number of benzene rings is 3. The van der Waals surface area contributed by atoms with Gasteiger partial charge in [-0.3, -0.25) is 24.6 Å². The standard InChI is InChI=1S/C23H22N2O4S/c1-30(28)16-17-8-7-11-19(14-17)23(27)25-24-22(26)15-29-21-13-6-5-12-20(21)18-9-3-2-4-10-18/h2-14H,15-16H2,1H3,(H,24,26)(H,25,27). The summed E-state index contributed by atoms with van der Waals surface area (Å²) in [6, 6.07) is 23.9. The van der Waals surface area contributed by atoms with Gasteiger partial charge in [-0.1, -0.05) is 60.7 Å². The molecule has 0 heterocycles. The smallest absolute Gasteiger partial charge is 0.276 e. The highest BCUT2D eigenvalue weighted by atomic mass is 32.2. The Morgan fingerprint density at radius 1 is 0.900 bits per heavy atom. The van der Waals surface area contributed by atoms with Crippen LogP contribution < -0.4 is 15.6 Å². The summed E-state index contributed by atoms with van der Waals surface area (Å²) in [5, 5.41) is 0. The van der Waals surface area contributed by atoms with Crippen molar-refractivity contribution in [1.29, 1.82) is 0 Å². The summed E-state index contributed by atoms with van der Waals surface area (Å²) in [5.41, 5.74) is 7.73. The normalized spacial score (nSPS) is 11.4. The van der Waals surface area contributed by atoms with Gasteiger partial charge >= 0.3 is 0 Å². The highest BCUT2D eigenvalue weighted by molar-refractivity contribution is 7.83. The molecule has 0 aliphatic carbocycles. The molecule has 0 spiro atoms. The SMILES string of the molecule is CS(=O)Cc1cccc(C(=O)NNC(=O)COc2ccccc2-c2ccccc2)c1. The van der Waals surface area contributed by atoms with Crippen LogP contribution in [0.3, 0.4) is 0 Å². The summed E-state index contributed by atoms with van der Waals surface area (Å²) >= 11 is 0. The highest BCUT2D eigenvalue weighted by Gasteiger charge is 2.11. The van der Waals surface area contributed by atoms with E-state index in [9.17, 15) is 13.8 Å². The number of amides is 2. The molecule has 0 fully saturated rings. The lowest BCUT2D eigenvalue weighted by molar-refractivity contribution is -0.123. The van der Waals surface area contributed by atoms with Crippen LogP contribution >= 0.6 is 0 Å². The van der Waals surface area contributed by atoms with Gasteiger partial charge in [-0.05, 0) is 29.3 Å². The van der Waals surface area contributed by atoms with Crippen LogP contribution in [0.1, 0.15) is 15.9 Å². The van der Waals surface area contributed by atoms with Crippen molar-refractivity contribution in [3.63, 3.8) is 0 Å². The predicted molar refractivity (Wildman–Crippen MR) is 117 cm³/mol. The lowest BCUT2D eigenvalue weighted by Gasteiger charge is -2.12. The number of para-hydroxylation sites is 1. The average molecular weight is 423 g/mol. The zero-order valence-electron chi connectivity index (χ0n) is 16.5. The second-order valence-corrected chi connectivity index (χ2v) is 8.01. The Balaban J connectivity index is 1.55. The molecule has 30 heavy (non-hydrogen) atoms. The second kappa shape index (κ2) is 10.4. The maximum absolute atomic E-state index is 12.3. The monoisotopic (exact) mass is 422 g/mol. The first-order valence-electron chi connectivity index (χ1n) is 9.28. The first-order valence-corrected chi connectivity index (χ1v) is 11.0. The molecular weight excluding hydrogens is 400 g/mol. The summed E-state index contributed by atoms with van der Waals surface area (Å²) in [4.78, 5) is 24.4. The molecule has 0 bridgehead atoms. The first-order chi connectivity index (χ1) is 14.5. The Morgan fingerprint density at radius 3 is 2.40 bits per heavy atom. The summed E-state index contributed by atoms with van der Waals surface area (Å²) in [6.07, 6.45) is 1.60. The molecule has 154 valence electrons. The number of nitrogens with one attached hydrogen (secondary N) is 2. The third-order valence-corrected chi connectivity index (χ3v) is 4.95. The van der Waals surface area contributed by atoms with Crippen LogP contribution in [0, 0.1) is 0 Å². The lowest BCUT2D eigenvalue weighted by atomic mass is 10.1. The average Bonchev–Trinajstić information content (AvgIpc) is 2.76. The minimum Gasteiger partial charge on any atom is -0.483 e. The van der Waals surface area contributed by atoms with Crippen LogP contribution in [-0.2, 0) is 21.3 Å². The summed E-state index contributed by atoms with van der Waals surface area (Å²) in [5.74, 6) is -0.0125. The van der Waals surface area contributed by atoms with Crippen molar-refractivity contribution in [1.82, 2.24) is 10.9 Å². The van der Waals surface area contributed by atoms with Gasteiger partial charge in [0.2, 0.25) is 0 Å². The number of rotatable bonds is 7. The molecule has 6 nitrogen and oxygen atoms in total. The predicted octanol–water partition coefficient (Wildman–Crippen LogP) is 3.07. The van der Waals surface area contributed by atoms with Crippen molar-refractivity contribution in [3.05, 3.63) is 90.0 Å². The van der Waals surface area contributed by atoms with Crippen LogP contribution in [-0.4, -0.2) is 28.9 Å². The van der Waals surface area contributed by atoms with E-state index in [4.69, 9.17) is 4.74 Å². The molecule has 0 aromatic heterocycles. The van der Waals surface area contributed by atoms with Crippen LogP contribution in [0.25, 0.3) is 11.1 Å². The van der Waals surface area contributed by atoms with Gasteiger partial charge in [-0.2, -0.15) is 0 Å². The number of ether oxygens (including phenoxy) is 1. The maximum Gasteiger partial charge on any atom is 0.276 e. The molecule has 0 saturated heterocycles. The van der Waals surface area contributed by atoms with Crippen molar-refractivity contribution in [3.8, 4) is 16.9 Å². The van der Waals surface area contributed by atoms with Gasteiger partial charge in [0, 0.05) is 33.9 Å². The molecule has 0 radical (unpaired) electrons. The van der Waals surface area contributed by atoms with Crippen LogP contribution in [0.2, 0.25) is 0 Å². The quantitative estimate of drug-likeness (QED) is 0.573. The van der Waals surface area contributed by atoms with E-state index in [0.717, 1.165) is 16.7 Å². The van der Waals surface area contributed by atoms with E-state index < -0.39 is 22.6 Å². The Labute approximate surface area is 177 Å². The third kappa shape index (κ3) is 6.02. The molecule has 7 heteroatoms. The molecule has 1 atom stereocenters. The molecule has 0 aliphatic heterocycles. The van der Waals surface area contributed by atoms with Gasteiger partial charge in [0.05, 0.1) is 0 Å². The Morgan fingerprint density at radius 2 is 1.63 bits per heavy atom. The Bertz CT molecular complexity index is 1050. The van der Waals surface area contributed by atoms with Gasteiger partial charge < -0.3 is 4.74 Å². The van der Waals surface area contributed by atoms with Crippen molar-refractivity contribution < 1.29 is 18.5 Å². The lowest BCUT2D eigenvalue weighted by Crippen LogP contribution is -2.43.